The Bertz CT molecular complexity index is 638. The lowest BCUT2D eigenvalue weighted by Gasteiger charge is -2.25. The zero-order valence-electron chi connectivity index (χ0n) is 16.7. The first-order valence-corrected chi connectivity index (χ1v) is 8.35. The predicted molar refractivity (Wildman–Crippen MR) is 93.9 cm³/mol. The molecule has 0 unspecified atom stereocenters. The molecule has 0 aromatic heterocycles. The SMILES string of the molecule is CCOC(=O)C(=[N+]=[N-])C(=O)C[C@H](NC(=O)OC(C)(C)C)C(=O)OC(C)(C)C. The van der Waals surface area contributed by atoms with Crippen LogP contribution in [0.15, 0.2) is 0 Å². The molecule has 0 aliphatic rings. The van der Waals surface area contributed by atoms with Gasteiger partial charge in [0.2, 0.25) is 0 Å². The Hall–Kier alpha value is -2.74. The van der Waals surface area contributed by atoms with Crippen LogP contribution in [-0.4, -0.2) is 58.2 Å². The van der Waals surface area contributed by atoms with E-state index >= 15 is 0 Å². The molecule has 10 nitrogen and oxygen atoms in total. The largest absolute Gasteiger partial charge is 0.458 e. The molecule has 0 bridgehead atoms. The van der Waals surface area contributed by atoms with Crippen LogP contribution >= 0.6 is 0 Å². The summed E-state index contributed by atoms with van der Waals surface area (Å²) >= 11 is 0. The number of ether oxygens (including phenoxy) is 3. The van der Waals surface area contributed by atoms with Gasteiger partial charge in [0, 0.05) is 0 Å². The number of esters is 2. The van der Waals surface area contributed by atoms with Crippen LogP contribution in [0.25, 0.3) is 5.53 Å². The topological polar surface area (TPSA) is 144 Å². The average Bonchev–Trinajstić information content (AvgIpc) is 2.43. The van der Waals surface area contributed by atoms with Gasteiger partial charge in [-0.25, -0.2) is 14.4 Å². The van der Waals surface area contributed by atoms with Gasteiger partial charge in [0.15, 0.2) is 0 Å². The van der Waals surface area contributed by atoms with Gasteiger partial charge in [-0.3, -0.25) is 4.79 Å². The van der Waals surface area contributed by atoms with Crippen molar-refractivity contribution in [1.29, 1.82) is 0 Å². The van der Waals surface area contributed by atoms with Crippen molar-refractivity contribution in [1.82, 2.24) is 5.32 Å². The van der Waals surface area contributed by atoms with Crippen molar-refractivity contribution >= 4 is 29.5 Å². The van der Waals surface area contributed by atoms with E-state index in [1.807, 2.05) is 0 Å². The molecule has 0 spiro atoms. The summed E-state index contributed by atoms with van der Waals surface area (Å²) in [7, 11) is 0. The maximum absolute atomic E-state index is 12.3. The molecule has 0 aliphatic heterocycles. The molecule has 1 amide bonds. The normalized spacial score (nSPS) is 12.3. The molecule has 0 heterocycles. The lowest BCUT2D eigenvalue weighted by molar-refractivity contribution is -0.158. The summed E-state index contributed by atoms with van der Waals surface area (Å²) in [5.74, 6) is -3.07. The van der Waals surface area contributed by atoms with Crippen molar-refractivity contribution < 1.29 is 38.2 Å². The highest BCUT2D eigenvalue weighted by atomic mass is 16.6. The minimum atomic E-state index is -1.46. The van der Waals surface area contributed by atoms with Crippen LogP contribution in [0.1, 0.15) is 54.9 Å². The highest BCUT2D eigenvalue weighted by Gasteiger charge is 2.37. The third-order valence-electron chi connectivity index (χ3n) is 2.60. The minimum absolute atomic E-state index is 0.0449. The number of nitrogens with one attached hydrogen (secondary N) is 1. The second-order valence-corrected chi connectivity index (χ2v) is 7.53. The van der Waals surface area contributed by atoms with E-state index in [0.717, 1.165) is 0 Å². The Morgan fingerprint density at radius 3 is 1.93 bits per heavy atom. The van der Waals surface area contributed by atoms with E-state index in [1.165, 1.54) is 6.92 Å². The highest BCUT2D eigenvalue weighted by Crippen LogP contribution is 2.12. The van der Waals surface area contributed by atoms with E-state index < -0.39 is 53.2 Å². The van der Waals surface area contributed by atoms with Crippen LogP contribution in [0.4, 0.5) is 4.79 Å². The average molecular weight is 385 g/mol. The van der Waals surface area contributed by atoms with E-state index in [-0.39, 0.29) is 6.61 Å². The van der Waals surface area contributed by atoms with Gasteiger partial charge in [0.25, 0.3) is 5.78 Å². The number of rotatable bonds is 7. The number of hydrogen-bond donors (Lipinski definition) is 1. The van der Waals surface area contributed by atoms with Crippen molar-refractivity contribution in [3.63, 3.8) is 0 Å². The van der Waals surface area contributed by atoms with Gasteiger partial charge >= 0.3 is 23.7 Å². The fourth-order valence-corrected chi connectivity index (χ4v) is 1.71. The van der Waals surface area contributed by atoms with Crippen molar-refractivity contribution in [3.05, 3.63) is 5.53 Å². The number of carbonyl (C=O) groups is 4. The van der Waals surface area contributed by atoms with Crippen LogP contribution in [0.2, 0.25) is 0 Å². The Morgan fingerprint density at radius 2 is 1.52 bits per heavy atom. The summed E-state index contributed by atoms with van der Waals surface area (Å²) in [6, 6.07) is -1.46. The van der Waals surface area contributed by atoms with Gasteiger partial charge < -0.3 is 25.1 Å². The summed E-state index contributed by atoms with van der Waals surface area (Å²) < 4.78 is 14.8. The monoisotopic (exact) mass is 385 g/mol. The number of alkyl carbamates (subject to hydrolysis) is 1. The standard InChI is InChI=1S/C17H27N3O7/c1-8-25-14(23)12(20-18)11(21)9-10(13(22)26-16(2,3)4)19-15(24)27-17(5,6)7/h10H,8-9H2,1-7H3,(H,19,24)/t10-/m0/s1. The van der Waals surface area contributed by atoms with Crippen LogP contribution in [0.5, 0.6) is 0 Å². The zero-order valence-corrected chi connectivity index (χ0v) is 16.7. The number of Topliss-reactive ketones (excluding diaryl/α,β-unsaturated/α-hetero) is 1. The number of ketones is 1. The van der Waals surface area contributed by atoms with E-state index in [1.54, 1.807) is 41.5 Å². The Morgan fingerprint density at radius 1 is 1.00 bits per heavy atom. The first-order valence-electron chi connectivity index (χ1n) is 8.35. The van der Waals surface area contributed by atoms with Crippen molar-refractivity contribution in [2.75, 3.05) is 6.61 Å². The van der Waals surface area contributed by atoms with E-state index in [2.05, 4.69) is 14.8 Å². The first kappa shape index (κ1) is 24.3. The molecule has 0 aliphatic carbocycles. The van der Waals surface area contributed by atoms with Gasteiger partial charge in [0.1, 0.15) is 17.2 Å². The van der Waals surface area contributed by atoms with Crippen LogP contribution in [0.3, 0.4) is 0 Å². The first-order chi connectivity index (χ1) is 12.2. The lowest BCUT2D eigenvalue weighted by Crippen LogP contribution is -2.48. The summed E-state index contributed by atoms with van der Waals surface area (Å²) in [5.41, 5.74) is 6.29. The van der Waals surface area contributed by atoms with E-state index in [0.29, 0.717) is 0 Å². The van der Waals surface area contributed by atoms with Gasteiger partial charge in [-0.1, -0.05) is 0 Å². The summed E-state index contributed by atoms with van der Waals surface area (Å²) in [4.78, 5) is 50.8. The van der Waals surface area contributed by atoms with Crippen LogP contribution < -0.4 is 5.32 Å². The molecular formula is C17H27N3O7. The Balaban J connectivity index is 5.43. The predicted octanol–water partition coefficient (Wildman–Crippen LogP) is 1.41. The number of nitrogens with zero attached hydrogens (tertiary/aromatic N) is 2. The smallest absolute Gasteiger partial charge is 0.441 e. The van der Waals surface area contributed by atoms with Gasteiger partial charge in [0.05, 0.1) is 13.0 Å². The molecule has 0 saturated heterocycles. The molecule has 0 saturated carbocycles. The van der Waals surface area contributed by atoms with Crippen LogP contribution in [-0.2, 0) is 28.6 Å². The summed E-state index contributed by atoms with van der Waals surface area (Å²) in [6.45, 7) is 11.2. The van der Waals surface area contributed by atoms with Crippen LogP contribution in [0, 0.1) is 0 Å². The minimum Gasteiger partial charge on any atom is -0.458 e. The molecule has 0 fully saturated rings. The third kappa shape index (κ3) is 10.1. The second kappa shape index (κ2) is 9.82. The number of hydrogen-bond acceptors (Lipinski definition) is 7. The molecule has 27 heavy (non-hydrogen) atoms. The van der Waals surface area contributed by atoms with Gasteiger partial charge in [-0.15, -0.1) is 0 Å². The summed E-state index contributed by atoms with van der Waals surface area (Å²) in [5, 5.41) is 2.23. The Labute approximate surface area is 158 Å². The molecule has 10 heteroatoms. The molecule has 0 rings (SSSR count). The summed E-state index contributed by atoms with van der Waals surface area (Å²) in [6.07, 6.45) is -1.64. The highest BCUT2D eigenvalue weighted by molar-refractivity contribution is 6.62. The second-order valence-electron chi connectivity index (χ2n) is 7.53. The zero-order chi connectivity index (χ0) is 21.4. The fourth-order valence-electron chi connectivity index (χ4n) is 1.71. The van der Waals surface area contributed by atoms with E-state index in [9.17, 15) is 19.2 Å². The quantitative estimate of drug-likeness (QED) is 0.174. The lowest BCUT2D eigenvalue weighted by atomic mass is 10.1. The molecule has 0 radical (unpaired) electrons. The Kier molecular flexibility index (Phi) is 8.82. The molecule has 152 valence electrons. The molecule has 1 N–H and O–H groups in total. The molecule has 0 aromatic rings. The van der Waals surface area contributed by atoms with Crippen molar-refractivity contribution in [2.45, 2.75) is 72.1 Å². The molecule has 1 atom stereocenters. The van der Waals surface area contributed by atoms with Crippen molar-refractivity contribution in [2.24, 2.45) is 0 Å². The molecule has 0 aromatic carbocycles. The maximum atomic E-state index is 12.3. The number of amides is 1. The third-order valence-corrected chi connectivity index (χ3v) is 2.60. The van der Waals surface area contributed by atoms with Gasteiger partial charge in [-0.2, -0.15) is 4.79 Å². The molecular weight excluding hydrogens is 358 g/mol. The van der Waals surface area contributed by atoms with Crippen molar-refractivity contribution in [3.8, 4) is 0 Å². The number of carbonyl (C=O) groups excluding carboxylic acids is 4. The fraction of sp³-hybridized carbons (Fsp3) is 0.706. The maximum Gasteiger partial charge on any atom is 0.441 e. The van der Waals surface area contributed by atoms with Gasteiger partial charge in [-0.05, 0) is 48.5 Å². The van der Waals surface area contributed by atoms with E-state index in [4.69, 9.17) is 15.0 Å².